The first-order valence-electron chi connectivity index (χ1n) is 7.54. The van der Waals surface area contributed by atoms with Crippen molar-refractivity contribution in [2.24, 2.45) is 0 Å². The Hall–Kier alpha value is -2.01. The van der Waals surface area contributed by atoms with Gasteiger partial charge in [0.15, 0.2) is 11.5 Å². The van der Waals surface area contributed by atoms with Crippen LogP contribution in [0.5, 0.6) is 11.5 Å². The summed E-state index contributed by atoms with van der Waals surface area (Å²) < 4.78 is 21.2. The summed E-state index contributed by atoms with van der Waals surface area (Å²) in [6.45, 7) is 6.51. The molecule has 23 heavy (non-hydrogen) atoms. The minimum Gasteiger partial charge on any atom is -0.493 e. The van der Waals surface area contributed by atoms with Crippen molar-refractivity contribution in [2.75, 3.05) is 20.8 Å². The van der Waals surface area contributed by atoms with Gasteiger partial charge in [0.05, 0.1) is 27.4 Å². The second-order valence-electron chi connectivity index (χ2n) is 5.97. The van der Waals surface area contributed by atoms with Crippen LogP contribution in [0, 0.1) is 0 Å². The third kappa shape index (κ3) is 7.70. The highest BCUT2D eigenvalue weighted by molar-refractivity contribution is 5.82. The molecule has 0 spiro atoms. The van der Waals surface area contributed by atoms with E-state index in [2.05, 4.69) is 0 Å². The van der Waals surface area contributed by atoms with Crippen molar-refractivity contribution in [2.45, 2.75) is 39.4 Å². The van der Waals surface area contributed by atoms with Crippen molar-refractivity contribution < 1.29 is 23.7 Å². The van der Waals surface area contributed by atoms with E-state index in [4.69, 9.17) is 18.9 Å². The zero-order valence-electron chi connectivity index (χ0n) is 14.5. The molecule has 0 aliphatic heterocycles. The summed E-state index contributed by atoms with van der Waals surface area (Å²) in [6, 6.07) is 5.66. The van der Waals surface area contributed by atoms with E-state index in [-0.39, 0.29) is 5.97 Å². The first kappa shape index (κ1) is 19.0. The van der Waals surface area contributed by atoms with Crippen LogP contribution in [0.15, 0.2) is 30.4 Å². The lowest BCUT2D eigenvalue weighted by Gasteiger charge is -2.17. The zero-order chi connectivity index (χ0) is 17.3. The Bertz CT molecular complexity index is 529. The van der Waals surface area contributed by atoms with Crippen molar-refractivity contribution in [1.82, 2.24) is 0 Å². The van der Waals surface area contributed by atoms with Gasteiger partial charge in [-0.25, -0.2) is 4.79 Å². The van der Waals surface area contributed by atoms with Crippen LogP contribution in [0.2, 0.25) is 0 Å². The molecule has 0 fully saturated rings. The SMILES string of the molecule is COc1ccc(COCC/C=C/C(=O)OC(C)(C)C)cc1OC. The largest absolute Gasteiger partial charge is 0.493 e. The molecule has 0 aliphatic rings. The highest BCUT2D eigenvalue weighted by Crippen LogP contribution is 2.27. The summed E-state index contributed by atoms with van der Waals surface area (Å²) in [6.07, 6.45) is 3.83. The van der Waals surface area contributed by atoms with E-state index in [1.165, 1.54) is 6.08 Å². The Morgan fingerprint density at radius 2 is 1.83 bits per heavy atom. The Kier molecular flexibility index (Phi) is 7.62. The van der Waals surface area contributed by atoms with Gasteiger partial charge < -0.3 is 18.9 Å². The lowest BCUT2D eigenvalue weighted by Crippen LogP contribution is -2.22. The molecule has 0 saturated carbocycles. The smallest absolute Gasteiger partial charge is 0.330 e. The number of carbonyl (C=O) groups excluding carboxylic acids is 1. The fourth-order valence-corrected chi connectivity index (χ4v) is 1.83. The molecule has 5 nitrogen and oxygen atoms in total. The quantitative estimate of drug-likeness (QED) is 0.416. The summed E-state index contributed by atoms with van der Waals surface area (Å²) in [5.74, 6) is 1.03. The molecule has 1 aromatic carbocycles. The van der Waals surface area contributed by atoms with Gasteiger partial charge in [-0.3, -0.25) is 0 Å². The minimum absolute atomic E-state index is 0.336. The summed E-state index contributed by atoms with van der Waals surface area (Å²) in [5, 5.41) is 0. The second kappa shape index (κ2) is 9.20. The number of ether oxygens (including phenoxy) is 4. The zero-order valence-corrected chi connectivity index (χ0v) is 14.5. The molecular weight excluding hydrogens is 296 g/mol. The predicted molar refractivity (Wildman–Crippen MR) is 88.8 cm³/mol. The first-order valence-corrected chi connectivity index (χ1v) is 7.54. The van der Waals surface area contributed by atoms with Crippen LogP contribution in [0.3, 0.4) is 0 Å². The van der Waals surface area contributed by atoms with Gasteiger partial charge in [0.25, 0.3) is 0 Å². The Morgan fingerprint density at radius 3 is 2.43 bits per heavy atom. The fraction of sp³-hybridized carbons (Fsp3) is 0.500. The van der Waals surface area contributed by atoms with Gasteiger partial charge in [0.2, 0.25) is 0 Å². The summed E-state index contributed by atoms with van der Waals surface area (Å²) >= 11 is 0. The van der Waals surface area contributed by atoms with Crippen molar-refractivity contribution in [1.29, 1.82) is 0 Å². The van der Waals surface area contributed by atoms with E-state index in [1.54, 1.807) is 20.3 Å². The maximum Gasteiger partial charge on any atom is 0.330 e. The van der Waals surface area contributed by atoms with Crippen LogP contribution < -0.4 is 9.47 Å². The summed E-state index contributed by atoms with van der Waals surface area (Å²) in [7, 11) is 3.20. The van der Waals surface area contributed by atoms with Gasteiger partial charge in [-0.15, -0.1) is 0 Å². The van der Waals surface area contributed by atoms with E-state index >= 15 is 0 Å². The highest BCUT2D eigenvalue weighted by atomic mass is 16.6. The first-order chi connectivity index (χ1) is 10.9. The molecule has 0 N–H and O–H groups in total. The van der Waals surface area contributed by atoms with E-state index in [9.17, 15) is 4.79 Å². The summed E-state index contributed by atoms with van der Waals surface area (Å²) in [5.41, 5.74) is 0.532. The standard InChI is InChI=1S/C18H26O5/c1-18(2,3)23-17(19)8-6-7-11-22-13-14-9-10-15(20-4)16(12-14)21-5/h6,8-10,12H,7,11,13H2,1-5H3/b8-6+. The Labute approximate surface area is 138 Å². The summed E-state index contributed by atoms with van der Waals surface area (Å²) in [4.78, 5) is 11.5. The molecule has 0 heterocycles. The molecule has 1 aromatic rings. The average molecular weight is 322 g/mol. The van der Waals surface area contributed by atoms with E-state index in [0.717, 1.165) is 5.56 Å². The predicted octanol–water partition coefficient (Wildman–Crippen LogP) is 3.51. The molecule has 0 aromatic heterocycles. The van der Waals surface area contributed by atoms with Crippen molar-refractivity contribution >= 4 is 5.97 Å². The van der Waals surface area contributed by atoms with Crippen molar-refractivity contribution in [3.8, 4) is 11.5 Å². The number of benzene rings is 1. The number of hydrogen-bond donors (Lipinski definition) is 0. The minimum atomic E-state index is -0.467. The molecule has 0 saturated heterocycles. The van der Waals surface area contributed by atoms with Crippen LogP contribution in [0.4, 0.5) is 0 Å². The molecule has 5 heteroatoms. The number of hydrogen-bond acceptors (Lipinski definition) is 5. The van der Waals surface area contributed by atoms with E-state index in [0.29, 0.717) is 31.1 Å². The molecule has 0 radical (unpaired) electrons. The van der Waals surface area contributed by atoms with Gasteiger partial charge in [0, 0.05) is 6.08 Å². The number of methoxy groups -OCH3 is 2. The van der Waals surface area contributed by atoms with Gasteiger partial charge in [-0.1, -0.05) is 12.1 Å². The molecular formula is C18H26O5. The lowest BCUT2D eigenvalue weighted by atomic mass is 10.2. The average Bonchev–Trinajstić information content (AvgIpc) is 2.48. The van der Waals surface area contributed by atoms with Crippen LogP contribution in [-0.2, 0) is 20.9 Å². The van der Waals surface area contributed by atoms with Gasteiger partial charge in [-0.05, 0) is 44.9 Å². The van der Waals surface area contributed by atoms with Crippen LogP contribution in [0.1, 0.15) is 32.8 Å². The van der Waals surface area contributed by atoms with Gasteiger partial charge >= 0.3 is 5.97 Å². The molecule has 0 aliphatic carbocycles. The molecule has 0 bridgehead atoms. The third-order valence-electron chi connectivity index (χ3n) is 2.81. The van der Waals surface area contributed by atoms with Crippen LogP contribution in [0.25, 0.3) is 0 Å². The molecule has 0 unspecified atom stereocenters. The van der Waals surface area contributed by atoms with Gasteiger partial charge in [0.1, 0.15) is 5.60 Å². The number of rotatable bonds is 8. The third-order valence-corrected chi connectivity index (χ3v) is 2.81. The normalized spacial score (nSPS) is 11.5. The monoisotopic (exact) mass is 322 g/mol. The maximum atomic E-state index is 11.5. The second-order valence-corrected chi connectivity index (χ2v) is 5.97. The van der Waals surface area contributed by atoms with Crippen LogP contribution >= 0.6 is 0 Å². The molecule has 1 rings (SSSR count). The van der Waals surface area contributed by atoms with Crippen molar-refractivity contribution in [3.63, 3.8) is 0 Å². The highest BCUT2D eigenvalue weighted by Gasteiger charge is 2.13. The van der Waals surface area contributed by atoms with Crippen LogP contribution in [-0.4, -0.2) is 32.4 Å². The molecule has 128 valence electrons. The van der Waals surface area contributed by atoms with E-state index < -0.39 is 5.60 Å². The Balaban J connectivity index is 2.31. The molecule has 0 amide bonds. The number of esters is 1. The lowest BCUT2D eigenvalue weighted by molar-refractivity contribution is -0.148. The molecule has 0 atom stereocenters. The van der Waals surface area contributed by atoms with E-state index in [1.807, 2.05) is 39.0 Å². The van der Waals surface area contributed by atoms with Crippen molar-refractivity contribution in [3.05, 3.63) is 35.9 Å². The Morgan fingerprint density at radius 1 is 1.13 bits per heavy atom. The fourth-order valence-electron chi connectivity index (χ4n) is 1.83. The van der Waals surface area contributed by atoms with Gasteiger partial charge in [-0.2, -0.15) is 0 Å². The number of carbonyl (C=O) groups is 1. The maximum absolute atomic E-state index is 11.5. The topological polar surface area (TPSA) is 54.0 Å².